The Kier molecular flexibility index (Phi) is 3.20. The summed E-state index contributed by atoms with van der Waals surface area (Å²) in [4.78, 5) is 23.5. The molecule has 1 heterocycles. The number of carbonyl (C=O) groups excluding carboxylic acids is 1. The highest BCUT2D eigenvalue weighted by molar-refractivity contribution is 5.97. The van der Waals surface area contributed by atoms with E-state index in [9.17, 15) is 9.59 Å². The quantitative estimate of drug-likeness (QED) is 0.815. The van der Waals surface area contributed by atoms with Crippen LogP contribution in [0.5, 0.6) is 5.75 Å². The van der Waals surface area contributed by atoms with Crippen LogP contribution in [0.25, 0.3) is 0 Å². The number of hydrogen-bond donors (Lipinski definition) is 2. The van der Waals surface area contributed by atoms with Crippen LogP contribution in [0, 0.1) is 0 Å². The van der Waals surface area contributed by atoms with Crippen molar-refractivity contribution < 1.29 is 19.4 Å². The van der Waals surface area contributed by atoms with Crippen LogP contribution in [-0.4, -0.2) is 30.6 Å². The number of benzene rings is 1. The molecule has 1 aliphatic rings. The lowest BCUT2D eigenvalue weighted by atomic mass is 10.0. The van der Waals surface area contributed by atoms with Crippen molar-refractivity contribution in [2.75, 3.05) is 18.6 Å². The van der Waals surface area contributed by atoms with Crippen LogP contribution in [0.1, 0.15) is 18.0 Å². The standard InChI is InChI=1S/C12H14N2O4/c1-14-9-3-2-7(8(13)5-12(16)17)4-10(9)18-6-11(14)15/h2-4,8H,5-6,13H2,1H3,(H,16,17). The maximum absolute atomic E-state index is 11.4. The number of carboxylic acid groups (broad SMARTS) is 1. The van der Waals surface area contributed by atoms with E-state index in [-0.39, 0.29) is 18.9 Å². The highest BCUT2D eigenvalue weighted by Crippen LogP contribution is 2.33. The summed E-state index contributed by atoms with van der Waals surface area (Å²) in [5, 5.41) is 8.70. The third-order valence-electron chi connectivity index (χ3n) is 2.89. The Morgan fingerprint density at radius 3 is 3.00 bits per heavy atom. The molecule has 0 bridgehead atoms. The molecular weight excluding hydrogens is 236 g/mol. The van der Waals surface area contributed by atoms with E-state index in [1.54, 1.807) is 25.2 Å². The van der Waals surface area contributed by atoms with Gasteiger partial charge in [0.15, 0.2) is 6.61 Å². The first kappa shape index (κ1) is 12.4. The van der Waals surface area contributed by atoms with Crippen LogP contribution in [0.15, 0.2) is 18.2 Å². The van der Waals surface area contributed by atoms with Crippen LogP contribution in [-0.2, 0) is 9.59 Å². The molecule has 96 valence electrons. The summed E-state index contributed by atoms with van der Waals surface area (Å²) >= 11 is 0. The highest BCUT2D eigenvalue weighted by atomic mass is 16.5. The van der Waals surface area contributed by atoms with Crippen molar-refractivity contribution in [1.29, 1.82) is 0 Å². The topological polar surface area (TPSA) is 92.9 Å². The first-order valence-corrected chi connectivity index (χ1v) is 5.49. The Labute approximate surface area is 104 Å². The minimum atomic E-state index is -0.951. The molecule has 6 nitrogen and oxygen atoms in total. The molecule has 3 N–H and O–H groups in total. The molecule has 1 aromatic carbocycles. The number of nitrogens with two attached hydrogens (primary N) is 1. The van der Waals surface area contributed by atoms with Gasteiger partial charge in [0.2, 0.25) is 0 Å². The first-order valence-electron chi connectivity index (χ1n) is 5.49. The summed E-state index contributed by atoms with van der Waals surface area (Å²) in [6, 6.07) is 4.53. The molecule has 0 saturated carbocycles. The van der Waals surface area contributed by atoms with Crippen molar-refractivity contribution in [2.45, 2.75) is 12.5 Å². The Morgan fingerprint density at radius 1 is 1.61 bits per heavy atom. The van der Waals surface area contributed by atoms with Gasteiger partial charge in [-0.25, -0.2) is 0 Å². The van der Waals surface area contributed by atoms with Gasteiger partial charge in [-0.3, -0.25) is 9.59 Å². The van der Waals surface area contributed by atoms with E-state index in [1.807, 2.05) is 0 Å². The number of hydrogen-bond acceptors (Lipinski definition) is 4. The van der Waals surface area contributed by atoms with Gasteiger partial charge in [0.1, 0.15) is 5.75 Å². The van der Waals surface area contributed by atoms with Gasteiger partial charge in [0.05, 0.1) is 12.1 Å². The number of carboxylic acids is 1. The van der Waals surface area contributed by atoms with Crippen molar-refractivity contribution in [3.63, 3.8) is 0 Å². The largest absolute Gasteiger partial charge is 0.482 e. The van der Waals surface area contributed by atoms with E-state index in [0.29, 0.717) is 17.0 Å². The number of ether oxygens (including phenoxy) is 1. The average Bonchev–Trinajstić information content (AvgIpc) is 2.32. The molecule has 1 unspecified atom stereocenters. The second-order valence-electron chi connectivity index (χ2n) is 4.17. The zero-order chi connectivity index (χ0) is 13.3. The van der Waals surface area contributed by atoms with E-state index >= 15 is 0 Å². The number of nitrogens with zero attached hydrogens (tertiary/aromatic N) is 1. The summed E-state index contributed by atoms with van der Waals surface area (Å²) in [6.45, 7) is -0.0128. The number of amides is 1. The highest BCUT2D eigenvalue weighted by Gasteiger charge is 2.23. The second-order valence-corrected chi connectivity index (χ2v) is 4.17. The molecule has 1 aromatic rings. The number of aliphatic carboxylic acids is 1. The van der Waals surface area contributed by atoms with E-state index < -0.39 is 12.0 Å². The molecule has 1 amide bonds. The summed E-state index contributed by atoms with van der Waals surface area (Å²) in [5.74, 6) is -0.519. The molecular formula is C12H14N2O4. The van der Waals surface area contributed by atoms with Crippen LogP contribution >= 0.6 is 0 Å². The van der Waals surface area contributed by atoms with Crippen LogP contribution in [0.3, 0.4) is 0 Å². The maximum Gasteiger partial charge on any atom is 0.305 e. The average molecular weight is 250 g/mol. The van der Waals surface area contributed by atoms with E-state index in [4.69, 9.17) is 15.6 Å². The van der Waals surface area contributed by atoms with Gasteiger partial charge in [-0.2, -0.15) is 0 Å². The predicted molar refractivity (Wildman–Crippen MR) is 64.5 cm³/mol. The number of anilines is 1. The van der Waals surface area contributed by atoms with Crippen molar-refractivity contribution in [2.24, 2.45) is 5.73 Å². The number of rotatable bonds is 3. The van der Waals surface area contributed by atoms with Gasteiger partial charge in [-0.05, 0) is 17.7 Å². The van der Waals surface area contributed by atoms with Gasteiger partial charge in [0.25, 0.3) is 5.91 Å². The van der Waals surface area contributed by atoms with Crippen LogP contribution in [0.4, 0.5) is 5.69 Å². The van der Waals surface area contributed by atoms with Gasteiger partial charge in [0, 0.05) is 13.1 Å². The summed E-state index contributed by atoms with van der Waals surface area (Å²) in [6.07, 6.45) is -0.145. The summed E-state index contributed by atoms with van der Waals surface area (Å²) < 4.78 is 5.31. The zero-order valence-electron chi connectivity index (χ0n) is 9.92. The third-order valence-corrected chi connectivity index (χ3v) is 2.89. The van der Waals surface area contributed by atoms with Crippen molar-refractivity contribution in [1.82, 2.24) is 0 Å². The molecule has 2 rings (SSSR count). The number of likely N-dealkylation sites (N-methyl/N-ethyl adjacent to an activating group) is 1. The van der Waals surface area contributed by atoms with Crippen LogP contribution < -0.4 is 15.4 Å². The molecule has 18 heavy (non-hydrogen) atoms. The maximum atomic E-state index is 11.4. The van der Waals surface area contributed by atoms with E-state index in [2.05, 4.69) is 0 Å². The molecule has 0 saturated heterocycles. The fourth-order valence-electron chi connectivity index (χ4n) is 1.83. The van der Waals surface area contributed by atoms with E-state index in [1.165, 1.54) is 4.90 Å². The smallest absolute Gasteiger partial charge is 0.305 e. The minimum absolute atomic E-state index is 0.0128. The zero-order valence-corrected chi connectivity index (χ0v) is 9.92. The Balaban J connectivity index is 2.28. The number of fused-ring (bicyclic) bond motifs is 1. The normalized spacial score (nSPS) is 15.9. The lowest BCUT2D eigenvalue weighted by Gasteiger charge is -2.26. The molecule has 1 aliphatic heterocycles. The van der Waals surface area contributed by atoms with Crippen molar-refractivity contribution >= 4 is 17.6 Å². The van der Waals surface area contributed by atoms with Gasteiger partial charge in [-0.15, -0.1) is 0 Å². The fraction of sp³-hybridized carbons (Fsp3) is 0.333. The summed E-state index contributed by atoms with van der Waals surface area (Å²) in [7, 11) is 1.67. The second kappa shape index (κ2) is 4.66. The Hall–Kier alpha value is -2.08. The molecule has 0 aliphatic carbocycles. The van der Waals surface area contributed by atoms with Crippen molar-refractivity contribution in [3.05, 3.63) is 23.8 Å². The fourth-order valence-corrected chi connectivity index (χ4v) is 1.83. The minimum Gasteiger partial charge on any atom is -0.482 e. The van der Waals surface area contributed by atoms with Crippen molar-refractivity contribution in [3.8, 4) is 5.75 Å². The SMILES string of the molecule is CN1C(=O)COc2cc(C(N)CC(=O)O)ccc21. The van der Waals surface area contributed by atoms with E-state index in [0.717, 1.165) is 0 Å². The lowest BCUT2D eigenvalue weighted by molar-refractivity contribution is -0.137. The molecule has 6 heteroatoms. The molecule has 1 atom stereocenters. The number of carbonyl (C=O) groups is 2. The predicted octanol–water partition coefficient (Wildman–Crippen LogP) is 0.516. The molecule has 0 fully saturated rings. The van der Waals surface area contributed by atoms with Gasteiger partial charge in [-0.1, -0.05) is 6.07 Å². The lowest BCUT2D eigenvalue weighted by Crippen LogP contribution is -2.35. The van der Waals surface area contributed by atoms with Crippen LogP contribution in [0.2, 0.25) is 0 Å². The molecule has 0 radical (unpaired) electrons. The molecule has 0 spiro atoms. The Morgan fingerprint density at radius 2 is 2.33 bits per heavy atom. The monoisotopic (exact) mass is 250 g/mol. The van der Waals surface area contributed by atoms with Gasteiger partial charge < -0.3 is 20.5 Å². The Bertz CT molecular complexity index is 501. The van der Waals surface area contributed by atoms with Gasteiger partial charge >= 0.3 is 5.97 Å². The third kappa shape index (κ3) is 2.28. The summed E-state index contributed by atoms with van der Waals surface area (Å²) in [5.41, 5.74) is 7.12. The molecule has 0 aromatic heterocycles. The first-order chi connectivity index (χ1) is 8.49.